The Bertz CT molecular complexity index is 1250. The van der Waals surface area contributed by atoms with Crippen LogP contribution in [-0.2, 0) is 4.79 Å². The van der Waals surface area contributed by atoms with Crippen LogP contribution in [0.1, 0.15) is 30.9 Å². The molecule has 11 heteroatoms. The van der Waals surface area contributed by atoms with Gasteiger partial charge in [-0.05, 0) is 18.2 Å². The second kappa shape index (κ2) is 8.98. The van der Waals surface area contributed by atoms with E-state index in [1.165, 1.54) is 0 Å². The zero-order valence-electron chi connectivity index (χ0n) is 18.0. The largest absolute Gasteiger partial charge is 0.490 e. The number of anilines is 1. The summed E-state index contributed by atoms with van der Waals surface area (Å²) in [7, 11) is 0. The Kier molecular flexibility index (Phi) is 6.22. The number of carboxylic acids is 1. The number of hydrogen-bond donors (Lipinski definition) is 2. The van der Waals surface area contributed by atoms with Crippen LogP contribution in [-0.4, -0.2) is 45.3 Å². The molecule has 1 spiro atoms. The summed E-state index contributed by atoms with van der Waals surface area (Å²) in [4.78, 5) is 28.1. The summed E-state index contributed by atoms with van der Waals surface area (Å²) in [6, 6.07) is 15.3. The van der Waals surface area contributed by atoms with Gasteiger partial charge in [-0.3, -0.25) is 9.20 Å². The van der Waals surface area contributed by atoms with Gasteiger partial charge >= 0.3 is 12.1 Å². The molecule has 1 saturated heterocycles. The van der Waals surface area contributed by atoms with Crippen molar-refractivity contribution in [3.63, 3.8) is 0 Å². The molecule has 3 N–H and O–H groups in total. The molecule has 3 aromatic rings. The van der Waals surface area contributed by atoms with Gasteiger partial charge in [0.15, 0.2) is 0 Å². The molecule has 34 heavy (non-hydrogen) atoms. The van der Waals surface area contributed by atoms with Crippen LogP contribution >= 0.6 is 0 Å². The SMILES string of the molecule is NC1CC2(CCN(c3cc(=O)n4ccccc4n3)CC2)Oc2ccccc21.O=C(O)C(F)(F)F. The highest BCUT2D eigenvalue weighted by molar-refractivity contribution is 5.73. The maximum absolute atomic E-state index is 12.4. The molecule has 0 bridgehead atoms. The molecule has 0 radical (unpaired) electrons. The summed E-state index contributed by atoms with van der Waals surface area (Å²) in [6.07, 6.45) is -0.782. The van der Waals surface area contributed by atoms with Gasteiger partial charge in [0.1, 0.15) is 22.8 Å². The fourth-order valence-corrected chi connectivity index (χ4v) is 4.32. The van der Waals surface area contributed by atoms with Crippen LogP contribution in [0.3, 0.4) is 0 Å². The number of fused-ring (bicyclic) bond motifs is 2. The first kappa shape index (κ1) is 23.6. The highest BCUT2D eigenvalue weighted by atomic mass is 19.4. The molecule has 8 nitrogen and oxygen atoms in total. The highest BCUT2D eigenvalue weighted by Crippen LogP contribution is 2.43. The normalized spacial score (nSPS) is 19.1. The lowest BCUT2D eigenvalue weighted by Gasteiger charge is -2.46. The van der Waals surface area contributed by atoms with Gasteiger partial charge in [0.05, 0.1) is 0 Å². The smallest absolute Gasteiger partial charge is 0.487 e. The molecule has 0 amide bonds. The van der Waals surface area contributed by atoms with Gasteiger partial charge in [-0.1, -0.05) is 24.3 Å². The second-order valence-electron chi connectivity index (χ2n) is 8.30. The molecule has 2 aliphatic rings. The Hall–Kier alpha value is -3.60. The average molecular weight is 476 g/mol. The van der Waals surface area contributed by atoms with E-state index >= 15 is 0 Å². The van der Waals surface area contributed by atoms with E-state index in [0.717, 1.165) is 49.5 Å². The van der Waals surface area contributed by atoms with Gasteiger partial charge < -0.3 is 20.5 Å². The topological polar surface area (TPSA) is 110 Å². The summed E-state index contributed by atoms with van der Waals surface area (Å²) in [5.74, 6) is -1.11. The fourth-order valence-electron chi connectivity index (χ4n) is 4.32. The maximum atomic E-state index is 12.4. The molecule has 2 aromatic heterocycles. The number of nitrogens with two attached hydrogens (primary N) is 1. The predicted molar refractivity (Wildman–Crippen MR) is 118 cm³/mol. The molecule has 1 unspecified atom stereocenters. The number of carboxylic acid groups (broad SMARTS) is 1. The summed E-state index contributed by atoms with van der Waals surface area (Å²) >= 11 is 0. The summed E-state index contributed by atoms with van der Waals surface area (Å²) in [5, 5.41) is 7.12. The number of rotatable bonds is 1. The number of halogens is 3. The van der Waals surface area contributed by atoms with Gasteiger partial charge in [-0.25, -0.2) is 9.78 Å². The van der Waals surface area contributed by atoms with Crippen LogP contribution in [0.5, 0.6) is 5.75 Å². The van der Waals surface area contributed by atoms with Crippen molar-refractivity contribution in [1.82, 2.24) is 9.38 Å². The zero-order chi connectivity index (χ0) is 24.5. The number of alkyl halides is 3. The van der Waals surface area contributed by atoms with E-state index in [0.29, 0.717) is 5.65 Å². The van der Waals surface area contributed by atoms with Crippen LogP contribution in [0.15, 0.2) is 59.5 Å². The molecule has 4 heterocycles. The number of ether oxygens (including phenoxy) is 1. The Morgan fingerprint density at radius 1 is 1.15 bits per heavy atom. The molecule has 0 aliphatic carbocycles. The molecule has 1 fully saturated rings. The van der Waals surface area contributed by atoms with E-state index in [1.807, 2.05) is 36.4 Å². The molecular weight excluding hydrogens is 453 g/mol. The average Bonchev–Trinajstić information content (AvgIpc) is 2.79. The van der Waals surface area contributed by atoms with Crippen molar-refractivity contribution in [3.8, 4) is 5.75 Å². The van der Waals surface area contributed by atoms with Crippen molar-refractivity contribution >= 4 is 17.4 Å². The quantitative estimate of drug-likeness (QED) is 0.555. The van der Waals surface area contributed by atoms with Crippen molar-refractivity contribution in [2.45, 2.75) is 37.1 Å². The van der Waals surface area contributed by atoms with Crippen LogP contribution in [0.25, 0.3) is 5.65 Å². The minimum atomic E-state index is -5.08. The summed E-state index contributed by atoms with van der Waals surface area (Å²) < 4.78 is 39.7. The van der Waals surface area contributed by atoms with Gasteiger partial charge in [0, 0.05) is 56.2 Å². The molecule has 180 valence electrons. The molecule has 2 aliphatic heterocycles. The third kappa shape index (κ3) is 4.84. The van der Waals surface area contributed by atoms with Gasteiger partial charge in [0.2, 0.25) is 0 Å². The van der Waals surface area contributed by atoms with Gasteiger partial charge in [-0.2, -0.15) is 13.2 Å². The standard InChI is InChI=1S/C21H22N4O2.C2HF3O2/c22-16-14-21(27-17-6-2-1-5-15(16)17)8-11-24(12-9-21)19-13-20(26)25-10-4-3-7-18(25)23-19;3-2(4,5)1(6)7/h1-7,10,13,16H,8-9,11-12,14,22H2;(H,6,7). The van der Waals surface area contributed by atoms with Crippen molar-refractivity contribution in [2.75, 3.05) is 18.0 Å². The fraction of sp³-hybridized carbons (Fsp3) is 0.348. The summed E-state index contributed by atoms with van der Waals surface area (Å²) in [5.41, 5.74) is 7.91. The van der Waals surface area contributed by atoms with Crippen LogP contribution in [0.4, 0.5) is 19.0 Å². The molecule has 1 aromatic carbocycles. The first-order valence-electron chi connectivity index (χ1n) is 10.7. The first-order valence-corrected chi connectivity index (χ1v) is 10.7. The number of hydrogen-bond acceptors (Lipinski definition) is 6. The number of para-hydroxylation sites is 1. The number of nitrogens with zero attached hydrogens (tertiary/aromatic N) is 3. The van der Waals surface area contributed by atoms with E-state index in [2.05, 4.69) is 16.0 Å². The van der Waals surface area contributed by atoms with E-state index in [9.17, 15) is 18.0 Å². The molecule has 1 atom stereocenters. The minimum Gasteiger partial charge on any atom is -0.487 e. The van der Waals surface area contributed by atoms with Crippen molar-refractivity contribution in [2.24, 2.45) is 5.73 Å². The monoisotopic (exact) mass is 476 g/mol. The number of benzene rings is 1. The highest BCUT2D eigenvalue weighted by Gasteiger charge is 2.42. The number of pyridine rings is 1. The Balaban J connectivity index is 0.000000344. The van der Waals surface area contributed by atoms with E-state index in [4.69, 9.17) is 20.4 Å². The molecule has 5 rings (SSSR count). The van der Waals surface area contributed by atoms with Crippen molar-refractivity contribution < 1.29 is 27.8 Å². The van der Waals surface area contributed by atoms with E-state index in [1.54, 1.807) is 16.7 Å². The second-order valence-corrected chi connectivity index (χ2v) is 8.30. The Morgan fingerprint density at radius 3 is 2.47 bits per heavy atom. The Morgan fingerprint density at radius 2 is 1.79 bits per heavy atom. The molecule has 0 saturated carbocycles. The van der Waals surface area contributed by atoms with Crippen LogP contribution in [0.2, 0.25) is 0 Å². The molecular formula is C23H23F3N4O4. The predicted octanol–water partition coefficient (Wildman–Crippen LogP) is 3.15. The zero-order valence-corrected chi connectivity index (χ0v) is 18.0. The lowest BCUT2D eigenvalue weighted by atomic mass is 9.81. The number of piperidine rings is 1. The first-order chi connectivity index (χ1) is 16.1. The van der Waals surface area contributed by atoms with Crippen LogP contribution < -0.4 is 20.9 Å². The van der Waals surface area contributed by atoms with Crippen LogP contribution in [0, 0.1) is 0 Å². The Labute approximate surface area is 192 Å². The van der Waals surface area contributed by atoms with E-state index in [-0.39, 0.29) is 17.2 Å². The number of aliphatic carboxylic acids is 1. The van der Waals surface area contributed by atoms with Crippen molar-refractivity contribution in [1.29, 1.82) is 0 Å². The minimum absolute atomic E-state index is 0.00457. The lowest BCUT2D eigenvalue weighted by Crippen LogP contribution is -2.51. The van der Waals surface area contributed by atoms with Crippen molar-refractivity contribution in [3.05, 3.63) is 70.6 Å². The number of aromatic nitrogens is 2. The maximum Gasteiger partial charge on any atom is 0.490 e. The number of carbonyl (C=O) groups is 1. The lowest BCUT2D eigenvalue weighted by molar-refractivity contribution is -0.192. The van der Waals surface area contributed by atoms with Gasteiger partial charge in [0.25, 0.3) is 5.56 Å². The third-order valence-electron chi connectivity index (χ3n) is 6.04. The third-order valence-corrected chi connectivity index (χ3v) is 6.04. The van der Waals surface area contributed by atoms with E-state index < -0.39 is 12.1 Å². The van der Waals surface area contributed by atoms with Gasteiger partial charge in [-0.15, -0.1) is 0 Å². The summed E-state index contributed by atoms with van der Waals surface area (Å²) in [6.45, 7) is 1.59.